The lowest BCUT2D eigenvalue weighted by atomic mass is 9.98. The summed E-state index contributed by atoms with van der Waals surface area (Å²) in [7, 11) is 0. The molecule has 2 aromatic rings. The molecule has 1 N–H and O–H groups in total. The summed E-state index contributed by atoms with van der Waals surface area (Å²) in [4.78, 5) is 4.08. The van der Waals surface area contributed by atoms with Gasteiger partial charge in [-0.05, 0) is 29.7 Å². The van der Waals surface area contributed by atoms with Gasteiger partial charge in [0.2, 0.25) is 0 Å². The van der Waals surface area contributed by atoms with E-state index in [0.29, 0.717) is 6.42 Å². The van der Waals surface area contributed by atoms with Gasteiger partial charge in [-0.2, -0.15) is 5.26 Å². The van der Waals surface area contributed by atoms with Crippen LogP contribution in [-0.4, -0.2) is 11.0 Å². The fraction of sp³-hybridized carbons (Fsp3) is 0.294. The average Bonchev–Trinajstić information content (AvgIpc) is 2.53. The normalized spacial score (nSPS) is 13.4. The summed E-state index contributed by atoms with van der Waals surface area (Å²) in [6.07, 6.45) is 5.06. The molecule has 0 fully saturated rings. The zero-order valence-corrected chi connectivity index (χ0v) is 11.7. The quantitative estimate of drug-likeness (QED) is 0.870. The van der Waals surface area contributed by atoms with Gasteiger partial charge in [0.05, 0.1) is 18.5 Å². The predicted molar refractivity (Wildman–Crippen MR) is 80.0 cm³/mol. The topological polar surface area (TPSA) is 48.7 Å². The third-order valence-corrected chi connectivity index (χ3v) is 3.41. The lowest BCUT2D eigenvalue weighted by Crippen LogP contribution is -2.32. The average molecular weight is 265 g/mol. The summed E-state index contributed by atoms with van der Waals surface area (Å²) in [5.74, 6) is 0. The highest BCUT2D eigenvalue weighted by Crippen LogP contribution is 2.22. The van der Waals surface area contributed by atoms with Crippen molar-refractivity contribution in [3.63, 3.8) is 0 Å². The highest BCUT2D eigenvalue weighted by molar-refractivity contribution is 5.30. The van der Waals surface area contributed by atoms with Gasteiger partial charge in [0.1, 0.15) is 0 Å². The minimum Gasteiger partial charge on any atom is -0.302 e. The third kappa shape index (κ3) is 3.66. The van der Waals surface area contributed by atoms with E-state index in [1.54, 1.807) is 12.4 Å². The molecule has 2 unspecified atom stereocenters. The van der Waals surface area contributed by atoms with Gasteiger partial charge in [-0.3, -0.25) is 4.98 Å². The van der Waals surface area contributed by atoms with Crippen molar-refractivity contribution in [3.05, 3.63) is 66.0 Å². The van der Waals surface area contributed by atoms with Gasteiger partial charge in [0.15, 0.2) is 0 Å². The standard InChI is InChI=1S/C17H19N3/c1-2-16(8-11-18)20-17(14-6-4-3-5-7-14)15-9-12-19-13-10-15/h3-7,9-10,12-13,16-17,20H,2,8H2,1H3. The molecular weight excluding hydrogens is 246 g/mol. The van der Waals surface area contributed by atoms with E-state index in [4.69, 9.17) is 5.26 Å². The molecule has 0 saturated heterocycles. The predicted octanol–water partition coefficient (Wildman–Crippen LogP) is 3.45. The molecule has 0 amide bonds. The monoisotopic (exact) mass is 265 g/mol. The Morgan fingerprint density at radius 3 is 2.35 bits per heavy atom. The Hall–Kier alpha value is -2.18. The first-order valence-corrected chi connectivity index (χ1v) is 6.93. The van der Waals surface area contributed by atoms with E-state index < -0.39 is 0 Å². The number of nitrogens with zero attached hydrogens (tertiary/aromatic N) is 2. The molecular formula is C17H19N3. The summed E-state index contributed by atoms with van der Waals surface area (Å²) >= 11 is 0. The number of rotatable bonds is 6. The Morgan fingerprint density at radius 2 is 1.75 bits per heavy atom. The van der Waals surface area contributed by atoms with Gasteiger partial charge in [-0.25, -0.2) is 0 Å². The summed E-state index contributed by atoms with van der Waals surface area (Å²) in [6, 6.07) is 16.9. The van der Waals surface area contributed by atoms with Crippen molar-refractivity contribution in [1.82, 2.24) is 10.3 Å². The molecule has 102 valence electrons. The fourth-order valence-electron chi connectivity index (χ4n) is 2.25. The summed E-state index contributed by atoms with van der Waals surface area (Å²) in [5.41, 5.74) is 2.37. The maximum absolute atomic E-state index is 8.92. The molecule has 0 spiro atoms. The van der Waals surface area contributed by atoms with Gasteiger partial charge >= 0.3 is 0 Å². The molecule has 0 aliphatic rings. The largest absolute Gasteiger partial charge is 0.302 e. The van der Waals surface area contributed by atoms with Crippen LogP contribution in [0, 0.1) is 11.3 Å². The van der Waals surface area contributed by atoms with Crippen LogP contribution in [0.1, 0.15) is 36.9 Å². The Bertz CT molecular complexity index is 506. The number of nitrogens with one attached hydrogen (secondary N) is 1. The molecule has 2 rings (SSSR count). The minimum absolute atomic E-state index is 0.0949. The molecule has 1 heterocycles. The Morgan fingerprint density at radius 1 is 1.10 bits per heavy atom. The molecule has 20 heavy (non-hydrogen) atoms. The number of benzene rings is 1. The van der Waals surface area contributed by atoms with Crippen molar-refractivity contribution in [1.29, 1.82) is 5.26 Å². The number of nitriles is 1. The number of pyridine rings is 1. The second kappa shape index (κ2) is 7.42. The van der Waals surface area contributed by atoms with Crippen molar-refractivity contribution < 1.29 is 0 Å². The van der Waals surface area contributed by atoms with Gasteiger partial charge < -0.3 is 5.32 Å². The summed E-state index contributed by atoms with van der Waals surface area (Å²) < 4.78 is 0. The Kier molecular flexibility index (Phi) is 5.28. The first-order valence-electron chi connectivity index (χ1n) is 6.93. The molecule has 3 heteroatoms. The molecule has 1 aromatic carbocycles. The maximum atomic E-state index is 8.92. The number of hydrogen-bond acceptors (Lipinski definition) is 3. The van der Waals surface area contributed by atoms with Gasteiger partial charge in [-0.15, -0.1) is 0 Å². The van der Waals surface area contributed by atoms with Crippen LogP contribution in [0.25, 0.3) is 0 Å². The second-order valence-corrected chi connectivity index (χ2v) is 4.76. The van der Waals surface area contributed by atoms with E-state index in [-0.39, 0.29) is 12.1 Å². The smallest absolute Gasteiger partial charge is 0.0638 e. The van der Waals surface area contributed by atoms with Crippen LogP contribution in [0.2, 0.25) is 0 Å². The van der Waals surface area contributed by atoms with E-state index in [1.807, 2.05) is 30.3 Å². The highest BCUT2D eigenvalue weighted by atomic mass is 14.9. The zero-order valence-electron chi connectivity index (χ0n) is 11.7. The zero-order chi connectivity index (χ0) is 14.2. The van der Waals surface area contributed by atoms with Crippen molar-refractivity contribution >= 4 is 0 Å². The Labute approximate surface area is 120 Å². The lowest BCUT2D eigenvalue weighted by molar-refractivity contribution is 0.464. The van der Waals surface area contributed by atoms with Crippen LogP contribution in [0.3, 0.4) is 0 Å². The van der Waals surface area contributed by atoms with Crippen molar-refractivity contribution in [2.24, 2.45) is 0 Å². The van der Waals surface area contributed by atoms with Crippen molar-refractivity contribution in [2.75, 3.05) is 0 Å². The number of aromatic nitrogens is 1. The lowest BCUT2D eigenvalue weighted by Gasteiger charge is -2.24. The first-order chi connectivity index (χ1) is 9.85. The number of hydrogen-bond donors (Lipinski definition) is 1. The van der Waals surface area contributed by atoms with E-state index in [0.717, 1.165) is 6.42 Å². The van der Waals surface area contributed by atoms with E-state index >= 15 is 0 Å². The van der Waals surface area contributed by atoms with Crippen LogP contribution in [-0.2, 0) is 0 Å². The van der Waals surface area contributed by atoms with Crippen LogP contribution in [0.15, 0.2) is 54.9 Å². The molecule has 1 aromatic heterocycles. The van der Waals surface area contributed by atoms with Gasteiger partial charge in [0, 0.05) is 18.4 Å². The second-order valence-electron chi connectivity index (χ2n) is 4.76. The molecule has 0 radical (unpaired) electrons. The molecule has 3 nitrogen and oxygen atoms in total. The van der Waals surface area contributed by atoms with Crippen molar-refractivity contribution in [2.45, 2.75) is 31.8 Å². The summed E-state index contributed by atoms with van der Waals surface area (Å²) in [5, 5.41) is 12.5. The molecule has 0 aliphatic carbocycles. The fourth-order valence-corrected chi connectivity index (χ4v) is 2.25. The highest BCUT2D eigenvalue weighted by Gasteiger charge is 2.17. The van der Waals surface area contributed by atoms with E-state index in [1.165, 1.54) is 11.1 Å². The van der Waals surface area contributed by atoms with Gasteiger partial charge in [-0.1, -0.05) is 37.3 Å². The first kappa shape index (κ1) is 14.2. The van der Waals surface area contributed by atoms with Crippen molar-refractivity contribution in [3.8, 4) is 6.07 Å². The van der Waals surface area contributed by atoms with Crippen LogP contribution in [0.5, 0.6) is 0 Å². The third-order valence-electron chi connectivity index (χ3n) is 3.41. The molecule has 0 saturated carbocycles. The SMILES string of the molecule is CCC(CC#N)NC(c1ccccc1)c1ccncc1. The van der Waals surface area contributed by atoms with Crippen LogP contribution in [0.4, 0.5) is 0 Å². The molecule has 0 bridgehead atoms. The Balaban J connectivity index is 2.28. The van der Waals surface area contributed by atoms with Crippen LogP contribution < -0.4 is 5.32 Å². The molecule has 2 atom stereocenters. The summed E-state index contributed by atoms with van der Waals surface area (Å²) in [6.45, 7) is 2.10. The molecule has 0 aliphatic heterocycles. The van der Waals surface area contributed by atoms with Gasteiger partial charge in [0.25, 0.3) is 0 Å². The van der Waals surface area contributed by atoms with E-state index in [2.05, 4.69) is 35.4 Å². The maximum Gasteiger partial charge on any atom is 0.0638 e. The van der Waals surface area contributed by atoms with Crippen LogP contribution >= 0.6 is 0 Å². The minimum atomic E-state index is 0.0949. The van der Waals surface area contributed by atoms with E-state index in [9.17, 15) is 0 Å².